The molecule has 5 heteroatoms. The van der Waals surface area contributed by atoms with E-state index >= 15 is 0 Å². The van der Waals surface area contributed by atoms with Gasteiger partial charge in [0, 0.05) is 5.19 Å². The van der Waals surface area contributed by atoms with Crippen molar-refractivity contribution in [1.82, 2.24) is 0 Å². The van der Waals surface area contributed by atoms with E-state index in [1.807, 2.05) is 12.1 Å². The maximum absolute atomic E-state index is 8.96. The quantitative estimate of drug-likeness (QED) is 0.518. The summed E-state index contributed by atoms with van der Waals surface area (Å²) in [5.41, 5.74) is 0. The van der Waals surface area contributed by atoms with Gasteiger partial charge in [-0.2, -0.15) is 0 Å². The molecule has 0 bridgehead atoms. The summed E-state index contributed by atoms with van der Waals surface area (Å²) in [6.45, 7) is 0. The van der Waals surface area contributed by atoms with E-state index in [1.165, 1.54) is 0 Å². The highest BCUT2D eigenvalue weighted by molar-refractivity contribution is 6.46. The zero-order chi connectivity index (χ0) is 16.9. The fourth-order valence-electron chi connectivity index (χ4n) is 1.42. The van der Waals surface area contributed by atoms with E-state index in [1.54, 1.807) is 72.8 Å². The summed E-state index contributed by atoms with van der Waals surface area (Å²) in [6, 6.07) is 24.2. The Bertz CT molecular complexity index is 623. The van der Waals surface area contributed by atoms with Crippen LogP contribution in [0.1, 0.15) is 0 Å². The van der Waals surface area contributed by atoms with Crippen molar-refractivity contribution < 1.29 is 20.1 Å². The molecule has 3 aromatic rings. The maximum Gasteiger partial charge on any atom is 0.269 e. The average Bonchev–Trinajstić information content (AvgIpc) is 2.58. The van der Waals surface area contributed by atoms with Crippen molar-refractivity contribution in [2.45, 2.75) is 0 Å². The zero-order valence-corrected chi connectivity index (χ0v) is 13.4. The fourth-order valence-corrected chi connectivity index (χ4v) is 1.79. The lowest BCUT2D eigenvalue weighted by molar-refractivity contribution is 0.475. The minimum Gasteiger partial charge on any atom is -0.508 e. The number of aromatic hydroxyl groups is 3. The van der Waals surface area contributed by atoms with Crippen LogP contribution in [-0.4, -0.2) is 29.9 Å². The van der Waals surface area contributed by atoms with Gasteiger partial charge in [-0.25, -0.2) is 0 Å². The first-order valence-corrected chi connectivity index (χ1v) is 7.74. The fraction of sp³-hybridized carbons (Fsp3) is 0. The highest BCUT2D eigenvalue weighted by atomic mass is 28.2. The molecule has 0 saturated carbocycles. The summed E-state index contributed by atoms with van der Waals surface area (Å²) in [5, 5.41) is 26.8. The molecule has 4 nitrogen and oxygen atoms in total. The van der Waals surface area contributed by atoms with Crippen LogP contribution in [0, 0.1) is 0 Å². The molecule has 0 aliphatic rings. The van der Waals surface area contributed by atoms with E-state index < -0.39 is 0 Å². The third-order valence-electron chi connectivity index (χ3n) is 2.54. The highest BCUT2D eigenvalue weighted by Gasteiger charge is 1.96. The molecular formula is C18H18O4Si. The highest BCUT2D eigenvalue weighted by Crippen LogP contribution is 2.03. The van der Waals surface area contributed by atoms with Crippen LogP contribution in [0.5, 0.6) is 17.2 Å². The molecule has 0 aliphatic heterocycles. The molecule has 2 radical (unpaired) electrons. The van der Waals surface area contributed by atoms with Crippen LogP contribution in [0.3, 0.4) is 0 Å². The first-order chi connectivity index (χ1) is 11.1. The number of rotatable bonds is 1. The third-order valence-corrected chi connectivity index (χ3v) is 3.20. The monoisotopic (exact) mass is 326 g/mol. The Kier molecular flexibility index (Phi) is 8.66. The Morgan fingerprint density at radius 1 is 0.522 bits per heavy atom. The van der Waals surface area contributed by atoms with Gasteiger partial charge in [0.25, 0.3) is 9.76 Å². The average molecular weight is 326 g/mol. The number of hydrogen-bond acceptors (Lipinski definition) is 4. The molecule has 0 heterocycles. The predicted molar refractivity (Wildman–Crippen MR) is 91.9 cm³/mol. The molecule has 0 fully saturated rings. The molecule has 23 heavy (non-hydrogen) atoms. The maximum atomic E-state index is 8.96. The van der Waals surface area contributed by atoms with Gasteiger partial charge in [-0.3, -0.25) is 0 Å². The molecule has 0 saturated heterocycles. The van der Waals surface area contributed by atoms with Gasteiger partial charge < -0.3 is 20.1 Å². The summed E-state index contributed by atoms with van der Waals surface area (Å²) < 4.78 is 0. The molecule has 3 rings (SSSR count). The van der Waals surface area contributed by atoms with Crippen molar-refractivity contribution in [3.05, 3.63) is 84.9 Å². The molecule has 0 spiro atoms. The van der Waals surface area contributed by atoms with Gasteiger partial charge in [0.1, 0.15) is 17.2 Å². The molecule has 118 valence electrons. The summed E-state index contributed by atoms with van der Waals surface area (Å²) in [7, 11) is -0.321. The minimum absolute atomic E-state index is 0.165. The van der Waals surface area contributed by atoms with Crippen LogP contribution in [0.4, 0.5) is 0 Å². The van der Waals surface area contributed by atoms with Gasteiger partial charge >= 0.3 is 0 Å². The van der Waals surface area contributed by atoms with Gasteiger partial charge in [0.15, 0.2) is 0 Å². The van der Waals surface area contributed by atoms with E-state index in [2.05, 4.69) is 0 Å². The van der Waals surface area contributed by atoms with Crippen molar-refractivity contribution in [1.29, 1.82) is 0 Å². The van der Waals surface area contributed by atoms with Crippen LogP contribution in [-0.2, 0) is 0 Å². The van der Waals surface area contributed by atoms with Crippen LogP contribution in [0.2, 0.25) is 0 Å². The SMILES string of the molecule is O[Si]c1ccccc1O.Oc1ccccc1.Oc1ccccc1. The topological polar surface area (TPSA) is 80.9 Å². The van der Waals surface area contributed by atoms with E-state index in [0.29, 0.717) is 16.7 Å². The van der Waals surface area contributed by atoms with E-state index in [-0.39, 0.29) is 15.5 Å². The first kappa shape index (κ1) is 18.3. The number of phenolic OH excluding ortho intramolecular Hbond substituents is 3. The largest absolute Gasteiger partial charge is 0.508 e. The van der Waals surface area contributed by atoms with E-state index in [9.17, 15) is 0 Å². The summed E-state index contributed by atoms with van der Waals surface area (Å²) in [5.74, 6) is 0.809. The molecule has 3 aromatic carbocycles. The Morgan fingerprint density at radius 2 is 0.913 bits per heavy atom. The normalized spacial score (nSPS) is 8.91. The lowest BCUT2D eigenvalue weighted by Gasteiger charge is -1.94. The van der Waals surface area contributed by atoms with Gasteiger partial charge in [-0.1, -0.05) is 54.6 Å². The molecule has 0 aliphatic carbocycles. The van der Waals surface area contributed by atoms with Crippen molar-refractivity contribution in [2.24, 2.45) is 0 Å². The van der Waals surface area contributed by atoms with E-state index in [0.717, 1.165) is 0 Å². The second kappa shape index (κ2) is 10.9. The molecule has 0 amide bonds. The van der Waals surface area contributed by atoms with Crippen molar-refractivity contribution in [3.8, 4) is 17.2 Å². The van der Waals surface area contributed by atoms with Crippen LogP contribution < -0.4 is 5.19 Å². The second-order valence-corrected chi connectivity index (χ2v) is 5.06. The Labute approximate surface area is 137 Å². The zero-order valence-electron chi connectivity index (χ0n) is 12.4. The number of para-hydroxylation sites is 3. The van der Waals surface area contributed by atoms with Gasteiger partial charge in [-0.05, 0) is 30.3 Å². The lowest BCUT2D eigenvalue weighted by atomic mass is 10.3. The summed E-state index contributed by atoms with van der Waals surface area (Å²) >= 11 is 0. The summed E-state index contributed by atoms with van der Waals surface area (Å²) in [4.78, 5) is 8.59. The second-order valence-electron chi connectivity index (χ2n) is 4.30. The smallest absolute Gasteiger partial charge is 0.269 e. The van der Waals surface area contributed by atoms with Gasteiger partial charge in [-0.15, -0.1) is 0 Å². The molecule has 0 atom stereocenters. The van der Waals surface area contributed by atoms with E-state index in [4.69, 9.17) is 20.1 Å². The lowest BCUT2D eigenvalue weighted by Crippen LogP contribution is -2.12. The molecular weight excluding hydrogens is 308 g/mol. The third kappa shape index (κ3) is 8.30. The Balaban J connectivity index is 0.000000175. The van der Waals surface area contributed by atoms with Gasteiger partial charge in [0.2, 0.25) is 0 Å². The minimum atomic E-state index is -0.321. The molecule has 0 unspecified atom stereocenters. The first-order valence-electron chi connectivity index (χ1n) is 6.79. The van der Waals surface area contributed by atoms with Crippen LogP contribution >= 0.6 is 0 Å². The number of phenols is 3. The van der Waals surface area contributed by atoms with Crippen LogP contribution in [0.25, 0.3) is 0 Å². The van der Waals surface area contributed by atoms with Crippen molar-refractivity contribution in [3.63, 3.8) is 0 Å². The Morgan fingerprint density at radius 3 is 1.17 bits per heavy atom. The van der Waals surface area contributed by atoms with Gasteiger partial charge in [0.05, 0.1) is 0 Å². The Hall–Kier alpha value is -2.76. The number of hydrogen-bond donors (Lipinski definition) is 4. The molecule has 4 N–H and O–H groups in total. The van der Waals surface area contributed by atoms with Crippen molar-refractivity contribution in [2.75, 3.05) is 0 Å². The molecule has 0 aromatic heterocycles. The van der Waals surface area contributed by atoms with Crippen LogP contribution in [0.15, 0.2) is 84.9 Å². The standard InChI is InChI=1S/C6H6O2Si.2C6H6O/c7-5-3-1-2-4-6(5)9-8;2*7-6-4-2-1-3-5-6/h1-4,7-8H;2*1-5,7H. The van der Waals surface area contributed by atoms with Crippen molar-refractivity contribution >= 4 is 14.9 Å². The number of benzene rings is 3. The predicted octanol–water partition coefficient (Wildman–Crippen LogP) is 2.41. The summed E-state index contributed by atoms with van der Waals surface area (Å²) in [6.07, 6.45) is 0.